The maximum Gasteiger partial charge on any atom is 0.224 e. The molecule has 0 saturated carbocycles. The zero-order valence-electron chi connectivity index (χ0n) is 14.4. The molecule has 138 valence electrons. The molecular formula is C18H22ClN5O2. The third kappa shape index (κ3) is 5.57. The van der Waals surface area contributed by atoms with Crippen molar-refractivity contribution in [3.63, 3.8) is 0 Å². The molecule has 8 heteroatoms. The van der Waals surface area contributed by atoms with Crippen LogP contribution in [-0.2, 0) is 16.0 Å². The minimum atomic E-state index is -0.0224. The molecule has 1 fully saturated rings. The minimum absolute atomic E-state index is 0.0224. The van der Waals surface area contributed by atoms with Crippen molar-refractivity contribution in [1.82, 2.24) is 15.3 Å². The highest BCUT2D eigenvalue weighted by molar-refractivity contribution is 6.30. The van der Waals surface area contributed by atoms with Crippen LogP contribution < -0.4 is 15.5 Å². The van der Waals surface area contributed by atoms with Crippen LogP contribution in [0.25, 0.3) is 0 Å². The van der Waals surface area contributed by atoms with Crippen LogP contribution in [0.3, 0.4) is 0 Å². The van der Waals surface area contributed by atoms with Crippen LogP contribution in [0.1, 0.15) is 5.56 Å². The van der Waals surface area contributed by atoms with Crippen molar-refractivity contribution < 1.29 is 9.53 Å². The van der Waals surface area contributed by atoms with Gasteiger partial charge in [0.2, 0.25) is 5.91 Å². The Balaban J connectivity index is 1.40. The third-order valence-corrected chi connectivity index (χ3v) is 4.27. The number of halogens is 1. The number of ether oxygens (including phenoxy) is 1. The van der Waals surface area contributed by atoms with E-state index in [-0.39, 0.29) is 5.91 Å². The first-order chi connectivity index (χ1) is 12.7. The number of benzene rings is 1. The highest BCUT2D eigenvalue weighted by Gasteiger charge is 2.12. The zero-order valence-corrected chi connectivity index (χ0v) is 15.2. The number of hydrogen-bond donors (Lipinski definition) is 2. The summed E-state index contributed by atoms with van der Waals surface area (Å²) in [4.78, 5) is 22.7. The number of anilines is 2. The van der Waals surface area contributed by atoms with Gasteiger partial charge in [-0.2, -0.15) is 0 Å². The van der Waals surface area contributed by atoms with Gasteiger partial charge in [-0.3, -0.25) is 4.79 Å². The summed E-state index contributed by atoms with van der Waals surface area (Å²) in [6, 6.07) is 9.20. The number of hydrogen-bond acceptors (Lipinski definition) is 6. The van der Waals surface area contributed by atoms with Crippen molar-refractivity contribution in [3.8, 4) is 0 Å². The molecule has 0 bridgehead atoms. The molecule has 0 aliphatic carbocycles. The molecule has 1 amide bonds. The highest BCUT2D eigenvalue weighted by Crippen LogP contribution is 2.15. The predicted molar refractivity (Wildman–Crippen MR) is 102 cm³/mol. The van der Waals surface area contributed by atoms with Gasteiger partial charge in [0, 0.05) is 37.3 Å². The molecule has 1 saturated heterocycles. The summed E-state index contributed by atoms with van der Waals surface area (Å²) in [7, 11) is 0. The average Bonchev–Trinajstić information content (AvgIpc) is 2.68. The first kappa shape index (κ1) is 18.4. The summed E-state index contributed by atoms with van der Waals surface area (Å²) in [6.07, 6.45) is 1.89. The van der Waals surface area contributed by atoms with Gasteiger partial charge in [-0.15, -0.1) is 0 Å². The number of amides is 1. The first-order valence-corrected chi connectivity index (χ1v) is 8.98. The SMILES string of the molecule is O=C(Cc1ccc(Cl)cc1)NCCNc1cc(N2CCOCC2)ncn1. The maximum absolute atomic E-state index is 12.0. The Morgan fingerprint density at radius 1 is 1.15 bits per heavy atom. The second kappa shape index (κ2) is 9.35. The second-order valence-corrected chi connectivity index (χ2v) is 6.38. The van der Waals surface area contributed by atoms with Crippen LogP contribution in [-0.4, -0.2) is 55.3 Å². The summed E-state index contributed by atoms with van der Waals surface area (Å²) >= 11 is 5.84. The number of carbonyl (C=O) groups excluding carboxylic acids is 1. The van der Waals surface area contributed by atoms with E-state index in [0.717, 1.165) is 30.3 Å². The van der Waals surface area contributed by atoms with Crippen LogP contribution in [0, 0.1) is 0 Å². The van der Waals surface area contributed by atoms with E-state index in [1.165, 1.54) is 0 Å². The van der Waals surface area contributed by atoms with E-state index in [9.17, 15) is 4.79 Å². The van der Waals surface area contributed by atoms with Gasteiger partial charge < -0.3 is 20.3 Å². The lowest BCUT2D eigenvalue weighted by atomic mass is 10.1. The normalized spacial score (nSPS) is 14.1. The van der Waals surface area contributed by atoms with Gasteiger partial charge in [-0.25, -0.2) is 9.97 Å². The Bertz CT molecular complexity index is 720. The third-order valence-electron chi connectivity index (χ3n) is 4.02. The second-order valence-electron chi connectivity index (χ2n) is 5.94. The van der Waals surface area contributed by atoms with Gasteiger partial charge in [0.25, 0.3) is 0 Å². The van der Waals surface area contributed by atoms with E-state index in [2.05, 4.69) is 25.5 Å². The fraction of sp³-hybridized carbons (Fsp3) is 0.389. The van der Waals surface area contributed by atoms with Crippen LogP contribution >= 0.6 is 11.6 Å². The van der Waals surface area contributed by atoms with Crippen molar-refractivity contribution in [2.45, 2.75) is 6.42 Å². The molecule has 0 radical (unpaired) electrons. The number of nitrogens with zero attached hydrogens (tertiary/aromatic N) is 3. The van der Waals surface area contributed by atoms with E-state index < -0.39 is 0 Å². The van der Waals surface area contributed by atoms with Crippen LogP contribution in [0.5, 0.6) is 0 Å². The van der Waals surface area contributed by atoms with E-state index in [4.69, 9.17) is 16.3 Å². The standard InChI is InChI=1S/C18H22ClN5O2/c19-15-3-1-14(2-4-15)11-18(25)21-6-5-20-16-12-17(23-13-22-16)24-7-9-26-10-8-24/h1-4,12-13H,5-11H2,(H,21,25)(H,20,22,23). The number of carbonyl (C=O) groups is 1. The smallest absolute Gasteiger partial charge is 0.224 e. The summed E-state index contributed by atoms with van der Waals surface area (Å²) < 4.78 is 5.35. The van der Waals surface area contributed by atoms with Crippen molar-refractivity contribution in [3.05, 3.63) is 47.2 Å². The minimum Gasteiger partial charge on any atom is -0.378 e. The van der Waals surface area contributed by atoms with Gasteiger partial charge in [0.05, 0.1) is 19.6 Å². The number of morpholine rings is 1. The Hall–Kier alpha value is -2.38. The molecule has 0 spiro atoms. The monoisotopic (exact) mass is 375 g/mol. The van der Waals surface area contributed by atoms with E-state index in [1.807, 2.05) is 18.2 Å². The number of nitrogens with one attached hydrogen (secondary N) is 2. The lowest BCUT2D eigenvalue weighted by Gasteiger charge is -2.27. The number of rotatable bonds is 7. The first-order valence-electron chi connectivity index (χ1n) is 8.60. The summed E-state index contributed by atoms with van der Waals surface area (Å²) in [5.74, 6) is 1.61. The lowest BCUT2D eigenvalue weighted by molar-refractivity contribution is -0.120. The Morgan fingerprint density at radius 2 is 1.92 bits per heavy atom. The predicted octanol–water partition coefficient (Wildman–Crippen LogP) is 1.74. The fourth-order valence-electron chi connectivity index (χ4n) is 2.65. The van der Waals surface area contributed by atoms with Crippen molar-refractivity contribution in [2.24, 2.45) is 0 Å². The molecule has 1 aromatic carbocycles. The fourth-order valence-corrected chi connectivity index (χ4v) is 2.78. The Kier molecular flexibility index (Phi) is 6.62. The largest absolute Gasteiger partial charge is 0.378 e. The van der Waals surface area contributed by atoms with Gasteiger partial charge in [0.15, 0.2) is 0 Å². The van der Waals surface area contributed by atoms with Crippen molar-refractivity contribution in [2.75, 3.05) is 49.6 Å². The molecule has 1 aliphatic rings. The van der Waals surface area contributed by atoms with E-state index in [1.54, 1.807) is 18.5 Å². The Morgan fingerprint density at radius 3 is 2.69 bits per heavy atom. The molecule has 0 atom stereocenters. The summed E-state index contributed by atoms with van der Waals surface area (Å²) in [5, 5.41) is 6.77. The maximum atomic E-state index is 12.0. The molecule has 1 aromatic heterocycles. The average molecular weight is 376 g/mol. The van der Waals surface area contributed by atoms with Crippen LogP contribution in [0.2, 0.25) is 5.02 Å². The van der Waals surface area contributed by atoms with Crippen LogP contribution in [0.4, 0.5) is 11.6 Å². The van der Waals surface area contributed by atoms with Gasteiger partial charge in [-0.05, 0) is 17.7 Å². The van der Waals surface area contributed by atoms with E-state index in [0.29, 0.717) is 37.7 Å². The topological polar surface area (TPSA) is 79.4 Å². The Labute approximate surface area is 157 Å². The lowest BCUT2D eigenvalue weighted by Crippen LogP contribution is -2.36. The van der Waals surface area contributed by atoms with E-state index >= 15 is 0 Å². The molecule has 0 unspecified atom stereocenters. The highest BCUT2D eigenvalue weighted by atomic mass is 35.5. The molecule has 3 rings (SSSR count). The van der Waals surface area contributed by atoms with Crippen molar-refractivity contribution >= 4 is 29.1 Å². The molecule has 7 nitrogen and oxygen atoms in total. The molecule has 26 heavy (non-hydrogen) atoms. The molecule has 2 heterocycles. The quantitative estimate of drug-likeness (QED) is 0.717. The van der Waals surface area contributed by atoms with Gasteiger partial charge >= 0.3 is 0 Å². The molecule has 2 aromatic rings. The summed E-state index contributed by atoms with van der Waals surface area (Å²) in [6.45, 7) is 4.20. The van der Waals surface area contributed by atoms with Crippen molar-refractivity contribution in [1.29, 1.82) is 0 Å². The number of aromatic nitrogens is 2. The zero-order chi connectivity index (χ0) is 18.2. The van der Waals surface area contributed by atoms with Gasteiger partial charge in [-0.1, -0.05) is 23.7 Å². The molecule has 1 aliphatic heterocycles. The van der Waals surface area contributed by atoms with Crippen LogP contribution in [0.15, 0.2) is 36.7 Å². The molecule has 2 N–H and O–H groups in total. The molecular weight excluding hydrogens is 354 g/mol. The van der Waals surface area contributed by atoms with Gasteiger partial charge in [0.1, 0.15) is 18.0 Å². The summed E-state index contributed by atoms with van der Waals surface area (Å²) in [5.41, 5.74) is 0.936.